The quantitative estimate of drug-likeness (QED) is 0.824. The Hall–Kier alpha value is -0.880. The summed E-state index contributed by atoms with van der Waals surface area (Å²) in [4.78, 5) is 8.43. The third kappa shape index (κ3) is 3.48. The number of aryl methyl sites for hydroxylation is 1. The second kappa shape index (κ2) is 6.55. The zero-order chi connectivity index (χ0) is 15.7. The van der Waals surface area contributed by atoms with Gasteiger partial charge in [0.05, 0.1) is 18.4 Å². The molecular weight excluding hydrogens is 324 g/mol. The number of pyridine rings is 1. The van der Waals surface area contributed by atoms with E-state index >= 15 is 0 Å². The third-order valence-corrected chi connectivity index (χ3v) is 7.31. The number of ether oxygens (including phenoxy) is 1. The lowest BCUT2D eigenvalue weighted by Gasteiger charge is -2.47. The van der Waals surface area contributed by atoms with Crippen LogP contribution in [0.15, 0.2) is 35.8 Å². The predicted octanol–water partition coefficient (Wildman–Crippen LogP) is 3.73. The van der Waals surface area contributed by atoms with E-state index in [0.29, 0.717) is 17.5 Å². The van der Waals surface area contributed by atoms with Gasteiger partial charge in [0.1, 0.15) is 0 Å². The Morgan fingerprint density at radius 3 is 3.00 bits per heavy atom. The summed E-state index contributed by atoms with van der Waals surface area (Å²) in [5.74, 6) is 1.12. The Morgan fingerprint density at radius 1 is 1.35 bits per heavy atom. The zero-order valence-electron chi connectivity index (χ0n) is 13.4. The Balaban J connectivity index is 1.24. The van der Waals surface area contributed by atoms with Gasteiger partial charge in [0.15, 0.2) is 0 Å². The summed E-state index contributed by atoms with van der Waals surface area (Å²) in [5.41, 5.74) is 2.47. The molecule has 122 valence electrons. The van der Waals surface area contributed by atoms with E-state index in [-0.39, 0.29) is 0 Å². The number of thiophene rings is 1. The number of hydrogen-bond acceptors (Lipinski definition) is 5. The van der Waals surface area contributed by atoms with Crippen LogP contribution in [0.5, 0.6) is 0 Å². The Labute approximate surface area is 146 Å². The van der Waals surface area contributed by atoms with Gasteiger partial charge in [-0.1, -0.05) is 6.07 Å². The van der Waals surface area contributed by atoms with E-state index in [1.807, 2.05) is 35.7 Å². The lowest BCUT2D eigenvalue weighted by Crippen LogP contribution is -2.58. The van der Waals surface area contributed by atoms with Crippen molar-refractivity contribution >= 4 is 23.1 Å². The Morgan fingerprint density at radius 2 is 2.26 bits per heavy atom. The molecular formula is C18H22N2OS2. The molecule has 0 radical (unpaired) electrons. The predicted molar refractivity (Wildman–Crippen MR) is 97.0 cm³/mol. The van der Waals surface area contributed by atoms with Crippen molar-refractivity contribution in [3.8, 4) is 0 Å². The van der Waals surface area contributed by atoms with E-state index < -0.39 is 0 Å². The van der Waals surface area contributed by atoms with Gasteiger partial charge in [-0.05, 0) is 42.5 Å². The number of thioether (sulfide) groups is 1. The number of rotatable bonds is 5. The van der Waals surface area contributed by atoms with Gasteiger partial charge in [-0.3, -0.25) is 9.88 Å². The molecule has 0 aliphatic carbocycles. The summed E-state index contributed by atoms with van der Waals surface area (Å²) >= 11 is 4.00. The smallest absolute Gasteiger partial charge is 0.0892 e. The van der Waals surface area contributed by atoms with Gasteiger partial charge in [0, 0.05) is 41.2 Å². The van der Waals surface area contributed by atoms with Gasteiger partial charge in [0.25, 0.3) is 0 Å². The van der Waals surface area contributed by atoms with Crippen molar-refractivity contribution in [3.05, 3.63) is 52.0 Å². The van der Waals surface area contributed by atoms with E-state index in [1.54, 1.807) is 0 Å². The molecule has 0 unspecified atom stereocenters. The van der Waals surface area contributed by atoms with Crippen LogP contribution in [0.25, 0.3) is 0 Å². The minimum absolute atomic E-state index is 0.382. The Kier molecular flexibility index (Phi) is 4.46. The summed E-state index contributed by atoms with van der Waals surface area (Å²) in [6, 6.07) is 8.22. The highest BCUT2D eigenvalue weighted by Crippen LogP contribution is 2.46. The molecule has 2 aliphatic rings. The first kappa shape index (κ1) is 15.6. The summed E-state index contributed by atoms with van der Waals surface area (Å²) in [7, 11) is 0. The fourth-order valence-electron chi connectivity index (χ4n) is 3.47. The van der Waals surface area contributed by atoms with Crippen molar-refractivity contribution in [3.63, 3.8) is 0 Å². The minimum Gasteiger partial charge on any atom is -0.371 e. The first-order valence-corrected chi connectivity index (χ1v) is 10.00. The molecule has 2 aromatic heterocycles. The molecule has 0 bridgehead atoms. The first-order chi connectivity index (χ1) is 11.2. The molecule has 0 aromatic carbocycles. The topological polar surface area (TPSA) is 25.4 Å². The molecule has 0 saturated carbocycles. The van der Waals surface area contributed by atoms with Gasteiger partial charge in [0.2, 0.25) is 0 Å². The lowest BCUT2D eigenvalue weighted by atomic mass is 9.93. The molecule has 4 rings (SSSR count). The molecule has 2 saturated heterocycles. The normalized spacial score (nSPS) is 23.3. The summed E-state index contributed by atoms with van der Waals surface area (Å²) < 4.78 is 6.53. The van der Waals surface area contributed by atoms with Gasteiger partial charge < -0.3 is 4.74 Å². The lowest BCUT2D eigenvalue weighted by molar-refractivity contribution is 0.0253. The second-order valence-corrected chi connectivity index (χ2v) is 9.11. The van der Waals surface area contributed by atoms with Gasteiger partial charge >= 0.3 is 0 Å². The summed E-state index contributed by atoms with van der Waals surface area (Å²) in [6.07, 6.45) is 3.40. The van der Waals surface area contributed by atoms with Crippen molar-refractivity contribution in [2.24, 2.45) is 0 Å². The van der Waals surface area contributed by atoms with Crippen LogP contribution in [0.2, 0.25) is 0 Å². The van der Waals surface area contributed by atoms with Crippen molar-refractivity contribution in [1.29, 1.82) is 0 Å². The van der Waals surface area contributed by atoms with Gasteiger partial charge in [-0.25, -0.2) is 0 Å². The van der Waals surface area contributed by atoms with Crippen molar-refractivity contribution in [2.45, 2.75) is 37.3 Å². The molecule has 3 nitrogen and oxygen atoms in total. The number of aromatic nitrogens is 1. The average molecular weight is 347 g/mol. The van der Waals surface area contributed by atoms with Crippen LogP contribution in [0.4, 0.5) is 0 Å². The van der Waals surface area contributed by atoms with E-state index in [9.17, 15) is 0 Å². The summed E-state index contributed by atoms with van der Waals surface area (Å²) in [6.45, 7) is 6.38. The monoisotopic (exact) mass is 346 g/mol. The van der Waals surface area contributed by atoms with Crippen LogP contribution in [0, 0.1) is 6.92 Å². The maximum atomic E-state index is 6.08. The molecule has 5 heteroatoms. The maximum Gasteiger partial charge on any atom is 0.0892 e. The standard InChI is InChI=1S/C18H22N2OS2/c1-14-5-7-22-17(14)9-20-12-18(13-20)8-16(11-23-18)21-10-15-4-2-3-6-19-15/h2-7,16H,8-13H2,1H3/t16-/m1/s1. The van der Waals surface area contributed by atoms with Gasteiger partial charge in [-0.2, -0.15) is 0 Å². The maximum absolute atomic E-state index is 6.08. The second-order valence-electron chi connectivity index (χ2n) is 6.62. The molecule has 0 N–H and O–H groups in total. The molecule has 2 fully saturated rings. The highest BCUT2D eigenvalue weighted by atomic mass is 32.2. The molecule has 4 heterocycles. The third-order valence-electron chi connectivity index (χ3n) is 4.73. The average Bonchev–Trinajstić information content (AvgIpc) is 3.13. The fraction of sp³-hybridized carbons (Fsp3) is 0.500. The molecule has 0 amide bonds. The highest BCUT2D eigenvalue weighted by molar-refractivity contribution is 8.01. The zero-order valence-corrected chi connectivity index (χ0v) is 15.0. The van der Waals surface area contributed by atoms with Gasteiger partial charge in [-0.15, -0.1) is 23.1 Å². The molecule has 2 aromatic rings. The number of likely N-dealkylation sites (tertiary alicyclic amines) is 1. The Bertz CT molecular complexity index is 652. The fourth-order valence-corrected chi connectivity index (χ4v) is 6.02. The molecule has 23 heavy (non-hydrogen) atoms. The van der Waals surface area contributed by atoms with Crippen LogP contribution in [0.1, 0.15) is 22.6 Å². The molecule has 2 aliphatic heterocycles. The number of hydrogen-bond donors (Lipinski definition) is 0. The van der Waals surface area contributed by atoms with Crippen molar-refractivity contribution in [2.75, 3.05) is 18.8 Å². The minimum atomic E-state index is 0.382. The number of nitrogens with zero attached hydrogens (tertiary/aromatic N) is 2. The van der Waals surface area contributed by atoms with Crippen molar-refractivity contribution in [1.82, 2.24) is 9.88 Å². The highest BCUT2D eigenvalue weighted by Gasteiger charge is 2.49. The SMILES string of the molecule is Cc1ccsc1CN1CC2(C[C@@H](OCc3ccccn3)CS2)C1. The first-order valence-electron chi connectivity index (χ1n) is 8.13. The largest absolute Gasteiger partial charge is 0.371 e. The van der Waals surface area contributed by atoms with E-state index in [0.717, 1.165) is 18.0 Å². The van der Waals surface area contributed by atoms with E-state index in [4.69, 9.17) is 4.74 Å². The van der Waals surface area contributed by atoms with Crippen LogP contribution in [-0.4, -0.2) is 39.6 Å². The van der Waals surface area contributed by atoms with E-state index in [1.165, 1.54) is 30.0 Å². The van der Waals surface area contributed by atoms with Crippen LogP contribution in [0.3, 0.4) is 0 Å². The molecule has 1 spiro atoms. The van der Waals surface area contributed by atoms with Crippen LogP contribution >= 0.6 is 23.1 Å². The summed E-state index contributed by atoms with van der Waals surface area (Å²) in [5, 5.41) is 2.20. The molecule has 1 atom stereocenters. The van der Waals surface area contributed by atoms with Crippen LogP contribution in [-0.2, 0) is 17.9 Å². The van der Waals surface area contributed by atoms with Crippen molar-refractivity contribution < 1.29 is 4.74 Å². The van der Waals surface area contributed by atoms with E-state index in [2.05, 4.69) is 40.0 Å². The van der Waals surface area contributed by atoms with Crippen LogP contribution < -0.4 is 0 Å².